The van der Waals surface area contributed by atoms with Gasteiger partial charge in [-0.05, 0) is 43.7 Å². The topological polar surface area (TPSA) is 75.4 Å². The Hall–Kier alpha value is -2.63. The molecule has 6 heteroatoms. The number of aliphatic hydroxyl groups is 1. The molecular weight excluding hydrogens is 352 g/mol. The van der Waals surface area contributed by atoms with Gasteiger partial charge in [-0.15, -0.1) is 0 Å². The van der Waals surface area contributed by atoms with Crippen molar-refractivity contribution >= 4 is 23.3 Å². The summed E-state index contributed by atoms with van der Waals surface area (Å²) in [7, 11) is 0. The molecule has 134 valence electrons. The van der Waals surface area contributed by atoms with E-state index in [0.29, 0.717) is 33.5 Å². The molecule has 0 aliphatic heterocycles. The van der Waals surface area contributed by atoms with Crippen LogP contribution in [0, 0.1) is 6.92 Å². The minimum atomic E-state index is -0.726. The molecule has 0 spiro atoms. The van der Waals surface area contributed by atoms with Crippen molar-refractivity contribution in [1.29, 1.82) is 0 Å². The predicted octanol–water partition coefficient (Wildman–Crippen LogP) is 4.98. The largest absolute Gasteiger partial charge is 0.456 e. The van der Waals surface area contributed by atoms with Crippen molar-refractivity contribution in [2.24, 2.45) is 0 Å². The van der Waals surface area contributed by atoms with Gasteiger partial charge in [-0.1, -0.05) is 23.7 Å². The highest BCUT2D eigenvalue weighted by molar-refractivity contribution is 6.33. The van der Waals surface area contributed by atoms with Crippen molar-refractivity contribution in [3.8, 4) is 22.6 Å². The van der Waals surface area contributed by atoms with E-state index < -0.39 is 6.10 Å². The molecule has 0 bridgehead atoms. The predicted molar refractivity (Wildman–Crippen MR) is 102 cm³/mol. The van der Waals surface area contributed by atoms with Crippen molar-refractivity contribution < 1.29 is 14.3 Å². The molecule has 1 aromatic carbocycles. The molecule has 0 radical (unpaired) electrons. The number of anilines is 1. The summed E-state index contributed by atoms with van der Waals surface area (Å²) in [6.45, 7) is 5.01. The fourth-order valence-electron chi connectivity index (χ4n) is 2.74. The highest BCUT2D eigenvalue weighted by Gasteiger charge is 2.20. The van der Waals surface area contributed by atoms with E-state index in [1.165, 1.54) is 6.92 Å². The fourth-order valence-corrected chi connectivity index (χ4v) is 2.96. The second kappa shape index (κ2) is 7.32. The van der Waals surface area contributed by atoms with E-state index in [2.05, 4.69) is 10.3 Å². The van der Waals surface area contributed by atoms with Crippen molar-refractivity contribution in [2.75, 3.05) is 5.32 Å². The molecule has 3 aromatic rings. The van der Waals surface area contributed by atoms with Crippen molar-refractivity contribution in [3.05, 3.63) is 58.7 Å². The smallest absolute Gasteiger partial charge is 0.222 e. The van der Waals surface area contributed by atoms with E-state index >= 15 is 0 Å². The highest BCUT2D eigenvalue weighted by Crippen LogP contribution is 2.39. The van der Waals surface area contributed by atoms with Gasteiger partial charge in [-0.3, -0.25) is 4.79 Å². The van der Waals surface area contributed by atoms with Gasteiger partial charge >= 0.3 is 0 Å². The molecule has 5 nitrogen and oxygen atoms in total. The first-order valence-corrected chi connectivity index (χ1v) is 8.56. The third-order valence-corrected chi connectivity index (χ3v) is 4.33. The van der Waals surface area contributed by atoms with Crippen LogP contribution in [0.3, 0.4) is 0 Å². The van der Waals surface area contributed by atoms with Crippen LogP contribution in [0.1, 0.15) is 31.1 Å². The number of rotatable bonds is 4. The van der Waals surface area contributed by atoms with Crippen LogP contribution in [0.25, 0.3) is 22.6 Å². The number of nitrogens with one attached hydrogen (secondary N) is 1. The van der Waals surface area contributed by atoms with E-state index in [4.69, 9.17) is 16.0 Å². The Morgan fingerprint density at radius 3 is 2.65 bits per heavy atom. The molecule has 2 aromatic heterocycles. The maximum atomic E-state index is 11.3. The number of carbonyl (C=O) groups excluding carboxylic acids is 1. The second-order valence-electron chi connectivity index (χ2n) is 6.12. The number of aromatic nitrogens is 1. The molecule has 0 aliphatic carbocycles. The Morgan fingerprint density at radius 1 is 1.27 bits per heavy atom. The molecule has 1 amide bonds. The zero-order valence-electron chi connectivity index (χ0n) is 14.7. The zero-order chi connectivity index (χ0) is 18.8. The van der Waals surface area contributed by atoms with Crippen LogP contribution in [0.2, 0.25) is 5.02 Å². The number of nitrogens with zero attached hydrogens (tertiary/aromatic N) is 1. The van der Waals surface area contributed by atoms with Crippen LogP contribution < -0.4 is 5.32 Å². The summed E-state index contributed by atoms with van der Waals surface area (Å²) in [6.07, 6.45) is 0.941. The van der Waals surface area contributed by atoms with Crippen molar-refractivity contribution in [2.45, 2.75) is 26.9 Å². The van der Waals surface area contributed by atoms with Crippen LogP contribution in [-0.4, -0.2) is 16.0 Å². The van der Waals surface area contributed by atoms with Gasteiger partial charge < -0.3 is 14.8 Å². The molecule has 26 heavy (non-hydrogen) atoms. The molecule has 0 aliphatic rings. The normalized spacial score (nSPS) is 12.0. The summed E-state index contributed by atoms with van der Waals surface area (Å²) >= 11 is 6.31. The minimum absolute atomic E-state index is 0.201. The van der Waals surface area contributed by atoms with E-state index in [-0.39, 0.29) is 5.91 Å². The van der Waals surface area contributed by atoms with Crippen LogP contribution in [0.4, 0.5) is 5.82 Å². The van der Waals surface area contributed by atoms with Gasteiger partial charge in [0.25, 0.3) is 0 Å². The number of carbonyl (C=O) groups is 1. The number of hydrogen-bond donors (Lipinski definition) is 2. The van der Waals surface area contributed by atoms with Gasteiger partial charge in [0, 0.05) is 29.8 Å². The van der Waals surface area contributed by atoms with Gasteiger partial charge in [0.15, 0.2) is 0 Å². The van der Waals surface area contributed by atoms with Gasteiger partial charge in [0.1, 0.15) is 17.3 Å². The first kappa shape index (κ1) is 18.2. The quantitative estimate of drug-likeness (QED) is 0.679. The molecule has 0 saturated heterocycles. The Balaban J connectivity index is 2.14. The summed E-state index contributed by atoms with van der Waals surface area (Å²) in [5.74, 6) is 1.33. The van der Waals surface area contributed by atoms with Gasteiger partial charge in [0.05, 0.1) is 11.1 Å². The summed E-state index contributed by atoms with van der Waals surface area (Å²) in [4.78, 5) is 15.5. The highest BCUT2D eigenvalue weighted by atomic mass is 35.5. The molecule has 0 saturated carbocycles. The molecule has 2 heterocycles. The zero-order valence-corrected chi connectivity index (χ0v) is 15.5. The lowest BCUT2D eigenvalue weighted by Gasteiger charge is -2.07. The minimum Gasteiger partial charge on any atom is -0.456 e. The van der Waals surface area contributed by atoms with Crippen LogP contribution in [0.5, 0.6) is 0 Å². The first-order chi connectivity index (χ1) is 12.4. The number of aliphatic hydroxyl groups excluding tert-OH is 1. The number of aryl methyl sites for hydroxylation is 1. The van der Waals surface area contributed by atoms with Gasteiger partial charge in [0.2, 0.25) is 5.91 Å². The number of halogens is 1. The summed E-state index contributed by atoms with van der Waals surface area (Å²) < 4.78 is 6.08. The lowest BCUT2D eigenvalue weighted by atomic mass is 10.0. The maximum absolute atomic E-state index is 11.3. The molecule has 3 rings (SSSR count). The molecule has 2 N–H and O–H groups in total. The van der Waals surface area contributed by atoms with Gasteiger partial charge in [-0.2, -0.15) is 0 Å². The Kier molecular flexibility index (Phi) is 5.11. The molecular formula is C20H19ClN2O3. The SMILES string of the molecule is CC(=O)Nc1cc(-c2cc(C(C)O)c(-c3ccccc3Cl)o2)c(C)cn1. The van der Waals surface area contributed by atoms with Crippen LogP contribution in [-0.2, 0) is 4.79 Å². The first-order valence-electron chi connectivity index (χ1n) is 8.18. The molecule has 1 atom stereocenters. The van der Waals surface area contributed by atoms with Crippen LogP contribution in [0.15, 0.2) is 47.0 Å². The summed E-state index contributed by atoms with van der Waals surface area (Å²) in [5.41, 5.74) is 3.02. The van der Waals surface area contributed by atoms with E-state index in [1.54, 1.807) is 31.3 Å². The fraction of sp³-hybridized carbons (Fsp3) is 0.200. The van der Waals surface area contributed by atoms with E-state index in [1.807, 2.05) is 25.1 Å². The third-order valence-electron chi connectivity index (χ3n) is 4.00. The number of amides is 1. The second-order valence-corrected chi connectivity index (χ2v) is 6.52. The lowest BCUT2D eigenvalue weighted by Crippen LogP contribution is -2.07. The number of furan rings is 1. The molecule has 1 unspecified atom stereocenters. The van der Waals surface area contributed by atoms with E-state index in [0.717, 1.165) is 11.1 Å². The molecule has 0 fully saturated rings. The number of hydrogen-bond acceptors (Lipinski definition) is 4. The van der Waals surface area contributed by atoms with Crippen molar-refractivity contribution in [1.82, 2.24) is 4.98 Å². The Labute approximate surface area is 156 Å². The average Bonchev–Trinajstić information content (AvgIpc) is 3.01. The summed E-state index contributed by atoms with van der Waals surface area (Å²) in [5, 5.41) is 13.4. The van der Waals surface area contributed by atoms with E-state index in [9.17, 15) is 9.90 Å². The average molecular weight is 371 g/mol. The lowest BCUT2D eigenvalue weighted by molar-refractivity contribution is -0.114. The summed E-state index contributed by atoms with van der Waals surface area (Å²) in [6, 6.07) is 10.9. The standard InChI is InChI=1S/C20H19ClN2O3/c1-11-10-22-19(23-13(3)25)9-15(11)18-8-16(12(2)24)20(26-18)14-6-4-5-7-17(14)21/h4-10,12,24H,1-3H3,(H,22,23,25). The van der Waals surface area contributed by atoms with Gasteiger partial charge in [-0.25, -0.2) is 4.98 Å². The third kappa shape index (κ3) is 3.64. The maximum Gasteiger partial charge on any atom is 0.222 e. The number of pyridine rings is 1. The van der Waals surface area contributed by atoms with Crippen LogP contribution >= 0.6 is 11.6 Å². The Bertz CT molecular complexity index is 963. The van der Waals surface area contributed by atoms with Crippen molar-refractivity contribution in [3.63, 3.8) is 0 Å². The Morgan fingerprint density at radius 2 is 2.00 bits per heavy atom. The monoisotopic (exact) mass is 370 g/mol. The number of benzene rings is 1.